The predicted octanol–water partition coefficient (Wildman–Crippen LogP) is 0.892. The number of nitrogens with zero attached hydrogens (tertiary/aromatic N) is 3. The van der Waals surface area contributed by atoms with Gasteiger partial charge in [0.15, 0.2) is 0 Å². The molecule has 0 saturated carbocycles. The lowest BCUT2D eigenvalue weighted by Crippen LogP contribution is -2.16. The number of ether oxygens (including phenoxy) is 1. The minimum atomic E-state index is -0.624. The van der Waals surface area contributed by atoms with Gasteiger partial charge in [-0.25, -0.2) is 4.79 Å². The van der Waals surface area contributed by atoms with E-state index in [9.17, 15) is 9.59 Å². The molecule has 1 aromatic heterocycles. The fourth-order valence-corrected chi connectivity index (χ4v) is 1.52. The summed E-state index contributed by atoms with van der Waals surface area (Å²) in [7, 11) is 1.24. The molecule has 1 heterocycles. The van der Waals surface area contributed by atoms with Crippen molar-refractivity contribution in [2.24, 2.45) is 0 Å². The zero-order chi connectivity index (χ0) is 13.8. The first-order valence-electron chi connectivity index (χ1n) is 5.04. The lowest BCUT2D eigenvalue weighted by Gasteiger charge is -2.08. The molecule has 19 heavy (non-hydrogen) atoms. The van der Waals surface area contributed by atoms with Crippen LogP contribution in [0.4, 0.5) is 5.69 Å². The van der Waals surface area contributed by atoms with E-state index in [0.717, 1.165) is 0 Å². The number of tetrazole rings is 1. The molecule has 0 spiro atoms. The number of benzene rings is 1. The van der Waals surface area contributed by atoms with Gasteiger partial charge in [-0.05, 0) is 23.4 Å². The van der Waals surface area contributed by atoms with Gasteiger partial charge >= 0.3 is 5.97 Å². The molecule has 1 aromatic carbocycles. The second kappa shape index (κ2) is 5.44. The summed E-state index contributed by atoms with van der Waals surface area (Å²) in [6, 6.07) is 4.38. The van der Waals surface area contributed by atoms with Crippen LogP contribution < -0.4 is 5.32 Å². The van der Waals surface area contributed by atoms with E-state index in [4.69, 9.17) is 11.6 Å². The minimum Gasteiger partial charge on any atom is -0.465 e. The van der Waals surface area contributed by atoms with Crippen LogP contribution in [0, 0.1) is 0 Å². The molecular weight excluding hydrogens is 274 g/mol. The molecule has 0 bridgehead atoms. The number of aromatic amines is 1. The first-order chi connectivity index (χ1) is 9.11. The normalized spacial score (nSPS) is 10.0. The molecule has 0 atom stereocenters. The van der Waals surface area contributed by atoms with E-state index in [1.807, 2.05) is 0 Å². The molecule has 2 rings (SSSR count). The van der Waals surface area contributed by atoms with E-state index >= 15 is 0 Å². The Morgan fingerprint density at radius 2 is 2.21 bits per heavy atom. The number of nitrogens with one attached hydrogen (secondary N) is 2. The number of methoxy groups -OCH3 is 1. The maximum absolute atomic E-state index is 11.8. The molecule has 0 saturated heterocycles. The third-order valence-corrected chi connectivity index (χ3v) is 2.42. The monoisotopic (exact) mass is 281 g/mol. The van der Waals surface area contributed by atoms with Crippen LogP contribution in [0.3, 0.4) is 0 Å². The van der Waals surface area contributed by atoms with E-state index in [-0.39, 0.29) is 17.1 Å². The number of carbonyl (C=O) groups is 2. The van der Waals surface area contributed by atoms with Gasteiger partial charge < -0.3 is 10.1 Å². The van der Waals surface area contributed by atoms with Gasteiger partial charge in [-0.2, -0.15) is 5.21 Å². The molecule has 0 aliphatic carbocycles. The van der Waals surface area contributed by atoms with Gasteiger partial charge in [0, 0.05) is 5.02 Å². The molecule has 0 radical (unpaired) electrons. The molecule has 0 aliphatic heterocycles. The smallest absolute Gasteiger partial charge is 0.339 e. The number of aromatic nitrogens is 4. The summed E-state index contributed by atoms with van der Waals surface area (Å²) in [6.07, 6.45) is 0. The number of carbonyl (C=O) groups excluding carboxylic acids is 2. The number of esters is 1. The largest absolute Gasteiger partial charge is 0.465 e. The molecule has 98 valence electrons. The zero-order valence-corrected chi connectivity index (χ0v) is 10.4. The molecule has 2 N–H and O–H groups in total. The van der Waals surface area contributed by atoms with Crippen molar-refractivity contribution in [3.05, 3.63) is 34.6 Å². The van der Waals surface area contributed by atoms with Crippen LogP contribution in [0.25, 0.3) is 0 Å². The van der Waals surface area contributed by atoms with Crippen LogP contribution in [-0.4, -0.2) is 39.6 Å². The highest BCUT2D eigenvalue weighted by Crippen LogP contribution is 2.22. The Morgan fingerprint density at radius 1 is 1.42 bits per heavy atom. The Kier molecular flexibility index (Phi) is 3.71. The Hall–Kier alpha value is -2.48. The molecule has 8 nitrogen and oxygen atoms in total. The van der Waals surface area contributed by atoms with Gasteiger partial charge in [0.25, 0.3) is 11.7 Å². The first kappa shape index (κ1) is 13.0. The van der Waals surface area contributed by atoms with Crippen LogP contribution in [0.1, 0.15) is 21.0 Å². The van der Waals surface area contributed by atoms with E-state index in [0.29, 0.717) is 5.02 Å². The number of amides is 1. The highest BCUT2D eigenvalue weighted by atomic mass is 35.5. The number of rotatable bonds is 3. The van der Waals surface area contributed by atoms with Gasteiger partial charge in [0.05, 0.1) is 18.4 Å². The van der Waals surface area contributed by atoms with Crippen LogP contribution in [-0.2, 0) is 4.74 Å². The highest BCUT2D eigenvalue weighted by Gasteiger charge is 2.17. The Labute approximate surface area is 112 Å². The van der Waals surface area contributed by atoms with Gasteiger partial charge in [-0.15, -0.1) is 10.2 Å². The van der Waals surface area contributed by atoms with Crippen LogP contribution >= 0.6 is 11.6 Å². The van der Waals surface area contributed by atoms with E-state index < -0.39 is 11.9 Å². The van der Waals surface area contributed by atoms with Crippen molar-refractivity contribution in [1.29, 1.82) is 0 Å². The fraction of sp³-hybridized carbons (Fsp3) is 0.100. The third kappa shape index (κ3) is 2.86. The summed E-state index contributed by atoms with van der Waals surface area (Å²) in [5, 5.41) is 15.3. The third-order valence-electron chi connectivity index (χ3n) is 2.18. The number of halogens is 1. The molecule has 9 heteroatoms. The molecule has 1 amide bonds. The Balaban J connectivity index is 2.31. The second-order valence-electron chi connectivity index (χ2n) is 3.37. The summed E-state index contributed by atoms with van der Waals surface area (Å²) >= 11 is 5.82. The highest BCUT2D eigenvalue weighted by molar-refractivity contribution is 6.31. The molecule has 0 aliphatic rings. The molecule has 0 unspecified atom stereocenters. The summed E-state index contributed by atoms with van der Waals surface area (Å²) in [5.41, 5.74) is 0.373. The first-order valence-corrected chi connectivity index (χ1v) is 5.42. The van der Waals surface area contributed by atoms with Crippen LogP contribution in [0.15, 0.2) is 18.2 Å². The number of H-pyrrole nitrogens is 1. The lowest BCUT2D eigenvalue weighted by atomic mass is 10.2. The fourth-order valence-electron chi connectivity index (χ4n) is 1.34. The summed E-state index contributed by atoms with van der Waals surface area (Å²) in [5.74, 6) is -1.38. The average molecular weight is 282 g/mol. The van der Waals surface area contributed by atoms with Gasteiger partial charge in [0.2, 0.25) is 0 Å². The minimum absolute atomic E-state index is 0.157. The van der Waals surface area contributed by atoms with Crippen LogP contribution in [0.2, 0.25) is 5.02 Å². The van der Waals surface area contributed by atoms with Crippen molar-refractivity contribution in [3.63, 3.8) is 0 Å². The number of hydrogen-bond donors (Lipinski definition) is 2. The van der Waals surface area contributed by atoms with Crippen molar-refractivity contribution >= 4 is 29.2 Å². The van der Waals surface area contributed by atoms with Crippen molar-refractivity contribution < 1.29 is 14.3 Å². The summed E-state index contributed by atoms with van der Waals surface area (Å²) in [6.45, 7) is 0. The lowest BCUT2D eigenvalue weighted by molar-refractivity contribution is 0.0602. The Bertz CT molecular complexity index is 614. The quantitative estimate of drug-likeness (QED) is 0.809. The van der Waals surface area contributed by atoms with Crippen molar-refractivity contribution in [1.82, 2.24) is 20.6 Å². The number of anilines is 1. The van der Waals surface area contributed by atoms with Crippen LogP contribution in [0.5, 0.6) is 0 Å². The van der Waals surface area contributed by atoms with Gasteiger partial charge in [-0.1, -0.05) is 11.6 Å². The zero-order valence-electron chi connectivity index (χ0n) is 9.68. The van der Waals surface area contributed by atoms with Gasteiger partial charge in [0.1, 0.15) is 0 Å². The van der Waals surface area contributed by atoms with E-state index in [1.165, 1.54) is 25.3 Å². The van der Waals surface area contributed by atoms with Crippen molar-refractivity contribution in [2.75, 3.05) is 12.4 Å². The van der Waals surface area contributed by atoms with E-state index in [2.05, 4.69) is 30.7 Å². The van der Waals surface area contributed by atoms with E-state index in [1.54, 1.807) is 0 Å². The SMILES string of the molecule is COC(=O)c1ccc(Cl)cc1NC(=O)c1nn[nH]n1. The Morgan fingerprint density at radius 3 is 2.84 bits per heavy atom. The molecule has 0 fully saturated rings. The van der Waals surface area contributed by atoms with Gasteiger partial charge in [-0.3, -0.25) is 4.79 Å². The maximum atomic E-state index is 11.8. The predicted molar refractivity (Wildman–Crippen MR) is 64.9 cm³/mol. The van der Waals surface area contributed by atoms with Crippen molar-refractivity contribution in [3.8, 4) is 0 Å². The summed E-state index contributed by atoms with van der Waals surface area (Å²) in [4.78, 5) is 23.3. The number of hydrogen-bond acceptors (Lipinski definition) is 6. The molecule has 2 aromatic rings. The average Bonchev–Trinajstić information content (AvgIpc) is 2.92. The standard InChI is InChI=1S/C10H8ClN5O3/c1-19-10(18)6-3-2-5(11)4-7(6)12-9(17)8-13-15-16-14-8/h2-4H,1H3,(H,12,17)(H,13,14,15,16). The second-order valence-corrected chi connectivity index (χ2v) is 3.81. The maximum Gasteiger partial charge on any atom is 0.339 e. The van der Waals surface area contributed by atoms with Crippen molar-refractivity contribution in [2.45, 2.75) is 0 Å². The molecular formula is C10H8ClN5O3. The topological polar surface area (TPSA) is 110 Å². The summed E-state index contributed by atoms with van der Waals surface area (Å²) < 4.78 is 4.61.